The molecule has 1 rings (SSSR count). The molecule has 0 fully saturated rings. The fourth-order valence-electron chi connectivity index (χ4n) is 1.79. The van der Waals surface area contributed by atoms with E-state index in [1.54, 1.807) is 19.2 Å². The summed E-state index contributed by atoms with van der Waals surface area (Å²) in [6.45, 7) is 3.22. The standard InChI is InChI=1S/C13H15NO3/c1-8-10(11(7-14)9(2)15)5-6-12(16-3)13(8)17-4/h5-6,11H,1-4H3/t11-/m0/s1. The fourth-order valence-corrected chi connectivity index (χ4v) is 1.79. The maximum atomic E-state index is 11.4. The van der Waals surface area contributed by atoms with E-state index in [1.807, 2.05) is 13.0 Å². The van der Waals surface area contributed by atoms with Crippen molar-refractivity contribution in [2.45, 2.75) is 19.8 Å². The number of carbonyl (C=O) groups excluding carboxylic acids is 1. The van der Waals surface area contributed by atoms with Gasteiger partial charge < -0.3 is 9.47 Å². The monoisotopic (exact) mass is 233 g/mol. The predicted octanol–water partition coefficient (Wildman–Crippen LogP) is 2.21. The van der Waals surface area contributed by atoms with E-state index in [9.17, 15) is 4.79 Å². The number of benzene rings is 1. The van der Waals surface area contributed by atoms with Crippen LogP contribution in [0.15, 0.2) is 12.1 Å². The van der Waals surface area contributed by atoms with Crippen LogP contribution in [0.5, 0.6) is 11.5 Å². The van der Waals surface area contributed by atoms with Crippen molar-refractivity contribution < 1.29 is 14.3 Å². The highest BCUT2D eigenvalue weighted by atomic mass is 16.5. The lowest BCUT2D eigenvalue weighted by atomic mass is 9.92. The quantitative estimate of drug-likeness (QED) is 0.800. The molecular weight excluding hydrogens is 218 g/mol. The third-order valence-corrected chi connectivity index (χ3v) is 2.68. The number of ketones is 1. The normalized spacial score (nSPS) is 11.5. The zero-order valence-corrected chi connectivity index (χ0v) is 10.4. The van der Waals surface area contributed by atoms with Gasteiger partial charge in [0.1, 0.15) is 5.92 Å². The van der Waals surface area contributed by atoms with E-state index in [0.717, 1.165) is 5.56 Å². The van der Waals surface area contributed by atoms with E-state index in [1.165, 1.54) is 14.0 Å². The number of nitriles is 1. The minimum atomic E-state index is -0.755. The molecule has 1 aromatic rings. The lowest BCUT2D eigenvalue weighted by molar-refractivity contribution is -0.117. The summed E-state index contributed by atoms with van der Waals surface area (Å²) in [7, 11) is 3.08. The molecule has 1 aromatic carbocycles. The molecule has 4 heteroatoms. The number of methoxy groups -OCH3 is 2. The van der Waals surface area contributed by atoms with Gasteiger partial charge in [0, 0.05) is 0 Å². The Labute approximate surface area is 101 Å². The number of ether oxygens (including phenoxy) is 2. The first kappa shape index (κ1) is 13.0. The van der Waals surface area contributed by atoms with E-state index in [2.05, 4.69) is 0 Å². The van der Waals surface area contributed by atoms with E-state index >= 15 is 0 Å². The highest BCUT2D eigenvalue weighted by Gasteiger charge is 2.21. The second-order valence-electron chi connectivity index (χ2n) is 3.69. The molecule has 0 aliphatic carbocycles. The topological polar surface area (TPSA) is 59.3 Å². The van der Waals surface area contributed by atoms with Gasteiger partial charge >= 0.3 is 0 Å². The van der Waals surface area contributed by atoms with Crippen LogP contribution < -0.4 is 9.47 Å². The molecule has 0 saturated carbocycles. The maximum absolute atomic E-state index is 11.4. The molecule has 1 atom stereocenters. The summed E-state index contributed by atoms with van der Waals surface area (Å²) < 4.78 is 10.4. The fraction of sp³-hybridized carbons (Fsp3) is 0.385. The van der Waals surface area contributed by atoms with Gasteiger partial charge in [-0.3, -0.25) is 4.79 Å². The minimum Gasteiger partial charge on any atom is -0.493 e. The van der Waals surface area contributed by atoms with Crippen LogP contribution in [0.25, 0.3) is 0 Å². The van der Waals surface area contributed by atoms with Crippen molar-refractivity contribution in [2.75, 3.05) is 14.2 Å². The molecule has 0 amide bonds. The molecule has 0 aliphatic rings. The number of Topliss-reactive ketones (excluding diaryl/α,β-unsaturated/α-hetero) is 1. The number of carbonyl (C=O) groups is 1. The van der Waals surface area contributed by atoms with Gasteiger partial charge in [-0.15, -0.1) is 0 Å². The van der Waals surface area contributed by atoms with Gasteiger partial charge in [-0.2, -0.15) is 5.26 Å². The summed E-state index contributed by atoms with van der Waals surface area (Å²) in [5.41, 5.74) is 1.42. The molecule has 4 nitrogen and oxygen atoms in total. The van der Waals surface area contributed by atoms with Crippen molar-refractivity contribution in [1.82, 2.24) is 0 Å². The van der Waals surface area contributed by atoms with E-state index in [-0.39, 0.29) is 5.78 Å². The molecule has 0 spiro atoms. The molecule has 0 N–H and O–H groups in total. The number of rotatable bonds is 4. The molecular formula is C13H15NO3. The smallest absolute Gasteiger partial charge is 0.163 e. The number of hydrogen-bond acceptors (Lipinski definition) is 4. The first-order valence-corrected chi connectivity index (χ1v) is 5.18. The molecule has 0 bridgehead atoms. The molecule has 0 unspecified atom stereocenters. The Morgan fingerprint density at radius 3 is 2.41 bits per heavy atom. The van der Waals surface area contributed by atoms with Gasteiger partial charge in [-0.1, -0.05) is 6.07 Å². The van der Waals surface area contributed by atoms with E-state index in [4.69, 9.17) is 14.7 Å². The maximum Gasteiger partial charge on any atom is 0.163 e. The Kier molecular flexibility index (Phi) is 4.11. The Morgan fingerprint density at radius 2 is 2.00 bits per heavy atom. The Balaban J connectivity index is 3.38. The summed E-state index contributed by atoms with van der Waals surface area (Å²) in [4.78, 5) is 11.4. The van der Waals surface area contributed by atoms with Crippen molar-refractivity contribution in [3.05, 3.63) is 23.3 Å². The van der Waals surface area contributed by atoms with Gasteiger partial charge in [0.05, 0.1) is 20.3 Å². The predicted molar refractivity (Wildman–Crippen MR) is 63.3 cm³/mol. The van der Waals surface area contributed by atoms with Crippen LogP contribution >= 0.6 is 0 Å². The van der Waals surface area contributed by atoms with Gasteiger partial charge in [0.15, 0.2) is 17.3 Å². The second-order valence-corrected chi connectivity index (χ2v) is 3.69. The van der Waals surface area contributed by atoms with Crippen LogP contribution in [0.3, 0.4) is 0 Å². The van der Waals surface area contributed by atoms with E-state index < -0.39 is 5.92 Å². The Morgan fingerprint density at radius 1 is 1.35 bits per heavy atom. The van der Waals surface area contributed by atoms with Crippen molar-refractivity contribution in [3.8, 4) is 17.6 Å². The second kappa shape index (κ2) is 5.35. The molecule has 0 heterocycles. The van der Waals surface area contributed by atoms with Crippen LogP contribution in [0.4, 0.5) is 0 Å². The van der Waals surface area contributed by atoms with E-state index in [0.29, 0.717) is 17.1 Å². The SMILES string of the molecule is COc1ccc([C@@H](C#N)C(C)=O)c(C)c1OC. The Hall–Kier alpha value is -2.02. The number of nitrogens with zero attached hydrogens (tertiary/aromatic N) is 1. The van der Waals surface area contributed by atoms with Crippen LogP contribution in [0, 0.1) is 18.3 Å². The molecule has 0 aliphatic heterocycles. The molecule has 0 radical (unpaired) electrons. The molecule has 90 valence electrons. The molecule has 0 saturated heterocycles. The third-order valence-electron chi connectivity index (χ3n) is 2.68. The van der Waals surface area contributed by atoms with Crippen LogP contribution in [-0.4, -0.2) is 20.0 Å². The van der Waals surface area contributed by atoms with Crippen LogP contribution in [0.2, 0.25) is 0 Å². The lowest BCUT2D eigenvalue weighted by Gasteiger charge is -2.15. The van der Waals surface area contributed by atoms with Gasteiger partial charge in [-0.05, 0) is 31.0 Å². The summed E-state index contributed by atoms with van der Waals surface area (Å²) in [6.07, 6.45) is 0. The highest BCUT2D eigenvalue weighted by Crippen LogP contribution is 2.35. The Bertz CT molecular complexity index is 474. The first-order valence-electron chi connectivity index (χ1n) is 5.18. The average Bonchev–Trinajstić information content (AvgIpc) is 2.31. The van der Waals surface area contributed by atoms with Crippen molar-refractivity contribution >= 4 is 5.78 Å². The summed E-state index contributed by atoms with van der Waals surface area (Å²) in [6, 6.07) is 5.43. The summed E-state index contributed by atoms with van der Waals surface area (Å²) in [5.74, 6) is 0.220. The molecule has 17 heavy (non-hydrogen) atoms. The summed E-state index contributed by atoms with van der Waals surface area (Å²) >= 11 is 0. The minimum absolute atomic E-state index is 0.178. The van der Waals surface area contributed by atoms with Gasteiger partial charge in [0.25, 0.3) is 0 Å². The van der Waals surface area contributed by atoms with Crippen molar-refractivity contribution in [3.63, 3.8) is 0 Å². The largest absolute Gasteiger partial charge is 0.493 e. The molecule has 0 aromatic heterocycles. The average molecular weight is 233 g/mol. The van der Waals surface area contributed by atoms with Crippen molar-refractivity contribution in [2.24, 2.45) is 0 Å². The number of hydrogen-bond donors (Lipinski definition) is 0. The van der Waals surface area contributed by atoms with Gasteiger partial charge in [-0.25, -0.2) is 0 Å². The van der Waals surface area contributed by atoms with Crippen LogP contribution in [0.1, 0.15) is 24.0 Å². The highest BCUT2D eigenvalue weighted by molar-refractivity contribution is 5.87. The third kappa shape index (κ3) is 2.39. The zero-order chi connectivity index (χ0) is 13.0. The van der Waals surface area contributed by atoms with Crippen molar-refractivity contribution in [1.29, 1.82) is 5.26 Å². The zero-order valence-electron chi connectivity index (χ0n) is 10.4. The first-order chi connectivity index (χ1) is 8.06. The van der Waals surface area contributed by atoms with Crippen LogP contribution in [-0.2, 0) is 4.79 Å². The lowest BCUT2D eigenvalue weighted by Crippen LogP contribution is -2.09. The van der Waals surface area contributed by atoms with Gasteiger partial charge in [0.2, 0.25) is 0 Å². The summed E-state index contributed by atoms with van der Waals surface area (Å²) in [5, 5.41) is 9.02.